The summed E-state index contributed by atoms with van der Waals surface area (Å²) < 4.78 is 5.16. The topological polar surface area (TPSA) is 75.6 Å². The Balaban J connectivity index is 1.03. The summed E-state index contributed by atoms with van der Waals surface area (Å²) in [6.07, 6.45) is 9.12. The minimum Gasteiger partial charge on any atom is -0.381 e. The molecule has 0 N–H and O–H groups in total. The van der Waals surface area contributed by atoms with Crippen molar-refractivity contribution in [3.8, 4) is 0 Å². The Labute approximate surface area is 199 Å². The normalized spacial score (nSPS) is 21.1. The number of ether oxygens (including phenoxy) is 1. The van der Waals surface area contributed by atoms with Gasteiger partial charge in [0.1, 0.15) is 5.69 Å². The number of allylic oxidation sites excluding steroid dienone is 1. The number of carbonyl (C=O) groups is 2. The van der Waals surface area contributed by atoms with E-state index in [1.165, 1.54) is 5.56 Å². The van der Waals surface area contributed by atoms with Gasteiger partial charge in [-0.2, -0.15) is 0 Å². The van der Waals surface area contributed by atoms with Gasteiger partial charge in [-0.05, 0) is 48.1 Å². The molecule has 0 atom stereocenters. The van der Waals surface area contributed by atoms with Crippen LogP contribution in [0.3, 0.4) is 0 Å². The molecule has 1 saturated carbocycles. The summed E-state index contributed by atoms with van der Waals surface area (Å²) >= 11 is 0. The molecule has 2 aliphatic carbocycles. The summed E-state index contributed by atoms with van der Waals surface area (Å²) in [5, 5.41) is 0. The van der Waals surface area contributed by atoms with Gasteiger partial charge in [-0.15, -0.1) is 0 Å². The predicted molar refractivity (Wildman–Crippen MR) is 129 cm³/mol. The summed E-state index contributed by atoms with van der Waals surface area (Å²) in [6.45, 7) is 5.95. The number of nitrogens with zero attached hydrogens (tertiary/aromatic N) is 4. The molecular formula is C27H30N4O3. The molecule has 3 fully saturated rings. The van der Waals surface area contributed by atoms with Crippen molar-refractivity contribution in [3.05, 3.63) is 58.7 Å². The molecule has 2 aromatic rings. The van der Waals surface area contributed by atoms with Crippen molar-refractivity contribution in [3.63, 3.8) is 0 Å². The highest BCUT2D eigenvalue weighted by Gasteiger charge is 2.33. The zero-order valence-corrected chi connectivity index (χ0v) is 19.4. The lowest BCUT2D eigenvalue weighted by molar-refractivity contribution is -0.115. The van der Waals surface area contributed by atoms with Crippen LogP contribution in [0.5, 0.6) is 0 Å². The molecule has 6 rings (SSSR count). The molecule has 176 valence electrons. The van der Waals surface area contributed by atoms with Crippen molar-refractivity contribution >= 4 is 23.3 Å². The van der Waals surface area contributed by atoms with Crippen LogP contribution in [-0.4, -0.2) is 65.8 Å². The third-order valence-electron chi connectivity index (χ3n) is 7.40. The molecule has 2 aliphatic heterocycles. The molecule has 7 nitrogen and oxygen atoms in total. The van der Waals surface area contributed by atoms with Crippen molar-refractivity contribution in [2.24, 2.45) is 11.8 Å². The van der Waals surface area contributed by atoms with Gasteiger partial charge >= 0.3 is 0 Å². The van der Waals surface area contributed by atoms with Crippen LogP contribution in [0, 0.1) is 11.8 Å². The molecule has 0 unspecified atom stereocenters. The van der Waals surface area contributed by atoms with Crippen molar-refractivity contribution < 1.29 is 14.3 Å². The van der Waals surface area contributed by atoms with Crippen LogP contribution in [0.2, 0.25) is 0 Å². The number of piperazine rings is 1. The van der Waals surface area contributed by atoms with Crippen LogP contribution in [-0.2, 0) is 22.5 Å². The first kappa shape index (κ1) is 21.6. The van der Waals surface area contributed by atoms with E-state index in [1.807, 2.05) is 30.6 Å². The minimum atomic E-state index is 0.101. The average Bonchev–Trinajstić information content (AvgIpc) is 3.67. The monoisotopic (exact) mass is 458 g/mol. The van der Waals surface area contributed by atoms with Crippen LogP contribution in [0.4, 0.5) is 5.69 Å². The number of rotatable bonds is 7. The number of Topliss-reactive ketones (excluding diaryl/α,β-unsaturated/α-hetero) is 2. The van der Waals surface area contributed by atoms with Crippen molar-refractivity contribution in [2.75, 3.05) is 44.3 Å². The first-order valence-electron chi connectivity index (χ1n) is 12.4. The number of hydrogen-bond donors (Lipinski definition) is 0. The predicted octanol–water partition coefficient (Wildman–Crippen LogP) is 2.94. The molecule has 2 saturated heterocycles. The smallest absolute Gasteiger partial charge is 0.181 e. The largest absolute Gasteiger partial charge is 0.381 e. The number of fused-ring (bicyclic) bond motifs is 1. The van der Waals surface area contributed by atoms with E-state index < -0.39 is 0 Å². The average molecular weight is 459 g/mol. The lowest BCUT2D eigenvalue weighted by Crippen LogP contribution is -2.46. The highest BCUT2D eigenvalue weighted by atomic mass is 16.5. The van der Waals surface area contributed by atoms with Crippen LogP contribution in [0.1, 0.15) is 46.6 Å². The van der Waals surface area contributed by atoms with Gasteiger partial charge < -0.3 is 9.64 Å². The third kappa shape index (κ3) is 4.55. The second-order valence-electron chi connectivity index (χ2n) is 10.1. The van der Waals surface area contributed by atoms with Crippen LogP contribution >= 0.6 is 0 Å². The van der Waals surface area contributed by atoms with Gasteiger partial charge in [-0.1, -0.05) is 6.07 Å². The summed E-state index contributed by atoms with van der Waals surface area (Å²) in [5.41, 5.74) is 5.82. The van der Waals surface area contributed by atoms with Crippen LogP contribution in [0.25, 0.3) is 6.08 Å². The fourth-order valence-corrected chi connectivity index (χ4v) is 5.10. The maximum Gasteiger partial charge on any atom is 0.181 e. The van der Waals surface area contributed by atoms with Gasteiger partial charge in [-0.25, -0.2) is 0 Å². The number of carbonyl (C=O) groups excluding carboxylic acids is 2. The molecule has 0 amide bonds. The van der Waals surface area contributed by atoms with Crippen molar-refractivity contribution in [1.29, 1.82) is 0 Å². The van der Waals surface area contributed by atoms with E-state index in [0.29, 0.717) is 43.6 Å². The maximum absolute atomic E-state index is 12.5. The van der Waals surface area contributed by atoms with E-state index in [9.17, 15) is 9.59 Å². The summed E-state index contributed by atoms with van der Waals surface area (Å²) in [5.74, 6) is 1.21. The lowest BCUT2D eigenvalue weighted by atomic mass is 9.91. The molecule has 4 heterocycles. The Bertz CT molecular complexity index is 1130. The molecule has 2 aromatic heterocycles. The summed E-state index contributed by atoms with van der Waals surface area (Å²) in [6, 6.07) is 6.04. The first-order valence-corrected chi connectivity index (χ1v) is 12.4. The number of pyridine rings is 2. The highest BCUT2D eigenvalue weighted by Crippen LogP contribution is 2.40. The Morgan fingerprint density at radius 2 is 1.88 bits per heavy atom. The van der Waals surface area contributed by atoms with Gasteiger partial charge in [0.05, 0.1) is 30.8 Å². The van der Waals surface area contributed by atoms with E-state index in [-0.39, 0.29) is 11.6 Å². The van der Waals surface area contributed by atoms with Crippen LogP contribution < -0.4 is 4.90 Å². The summed E-state index contributed by atoms with van der Waals surface area (Å²) in [4.78, 5) is 38.7. The molecule has 0 aromatic carbocycles. The van der Waals surface area contributed by atoms with E-state index in [4.69, 9.17) is 4.74 Å². The standard InChI is InChI=1S/C27H30N4O3/c32-26-11-21-9-18(13-28-25(21)12-23(26)20-1-2-20)15-30-5-7-31(8-6-30)22-3-4-24(29-14-22)27(33)10-19-16-34-17-19/h3-4,9,12-14,19-20H,1-2,5-8,10-11,15-17H2. The Morgan fingerprint density at radius 3 is 2.56 bits per heavy atom. The van der Waals surface area contributed by atoms with Gasteiger partial charge in [0, 0.05) is 63.3 Å². The second kappa shape index (κ2) is 9.04. The van der Waals surface area contributed by atoms with Gasteiger partial charge in [0.25, 0.3) is 0 Å². The van der Waals surface area contributed by atoms with Crippen LogP contribution in [0.15, 0.2) is 36.2 Å². The van der Waals surface area contributed by atoms with Gasteiger partial charge in [0.2, 0.25) is 0 Å². The van der Waals surface area contributed by atoms with E-state index >= 15 is 0 Å². The molecule has 4 aliphatic rings. The molecule has 7 heteroatoms. The molecular weight excluding hydrogens is 428 g/mol. The zero-order chi connectivity index (χ0) is 23.1. The quantitative estimate of drug-likeness (QED) is 0.591. The SMILES string of the molecule is O=C1Cc2cc(CN3CCN(c4ccc(C(=O)CC5COC5)nc4)CC3)cnc2C=C1C1CC1. The van der Waals surface area contributed by atoms with E-state index in [2.05, 4.69) is 25.8 Å². The first-order chi connectivity index (χ1) is 16.6. The third-order valence-corrected chi connectivity index (χ3v) is 7.40. The molecule has 0 bridgehead atoms. The molecule has 34 heavy (non-hydrogen) atoms. The number of aromatic nitrogens is 2. The lowest BCUT2D eigenvalue weighted by Gasteiger charge is -2.36. The number of ketones is 2. The zero-order valence-electron chi connectivity index (χ0n) is 19.4. The maximum atomic E-state index is 12.5. The number of anilines is 1. The number of hydrogen-bond acceptors (Lipinski definition) is 7. The van der Waals surface area contributed by atoms with Crippen molar-refractivity contribution in [2.45, 2.75) is 32.2 Å². The fraction of sp³-hybridized carbons (Fsp3) is 0.481. The summed E-state index contributed by atoms with van der Waals surface area (Å²) in [7, 11) is 0. The highest BCUT2D eigenvalue weighted by molar-refractivity contribution is 6.04. The second-order valence-corrected chi connectivity index (χ2v) is 10.1. The Kier molecular flexibility index (Phi) is 5.75. The van der Waals surface area contributed by atoms with Crippen molar-refractivity contribution in [1.82, 2.24) is 14.9 Å². The molecule has 0 radical (unpaired) electrons. The minimum absolute atomic E-state index is 0.101. The fourth-order valence-electron chi connectivity index (χ4n) is 5.10. The van der Waals surface area contributed by atoms with E-state index in [1.54, 1.807) is 0 Å². The Morgan fingerprint density at radius 1 is 1.06 bits per heavy atom. The Hall–Kier alpha value is -2.90. The van der Waals surface area contributed by atoms with E-state index in [0.717, 1.165) is 68.1 Å². The molecule has 0 spiro atoms. The van der Waals surface area contributed by atoms with Gasteiger partial charge in [0.15, 0.2) is 11.6 Å². The van der Waals surface area contributed by atoms with Gasteiger partial charge in [-0.3, -0.25) is 24.5 Å².